The van der Waals surface area contributed by atoms with Gasteiger partial charge in [0.25, 0.3) is 5.91 Å². The van der Waals surface area contributed by atoms with Gasteiger partial charge in [-0.25, -0.2) is 4.79 Å². The van der Waals surface area contributed by atoms with Crippen LogP contribution in [0.2, 0.25) is 5.02 Å². The number of carbonyl (C=O) groups excluding carboxylic acids is 1. The van der Waals surface area contributed by atoms with Crippen LogP contribution >= 0.6 is 11.6 Å². The van der Waals surface area contributed by atoms with Gasteiger partial charge in [-0.3, -0.25) is 4.79 Å². The molecule has 0 saturated carbocycles. The third kappa shape index (κ3) is 3.44. The van der Waals surface area contributed by atoms with Crippen LogP contribution in [0.4, 0.5) is 0 Å². The Bertz CT molecular complexity index is 1040. The van der Waals surface area contributed by atoms with Crippen LogP contribution in [0.15, 0.2) is 45.6 Å². The Hall–Kier alpha value is -2.79. The Balaban J connectivity index is 1.92. The molecule has 0 spiro atoms. The van der Waals surface area contributed by atoms with E-state index in [1.54, 1.807) is 37.4 Å². The average Bonchev–Trinajstić information content (AvgIpc) is 2.63. The topological polar surface area (TPSA) is 68.5 Å². The first-order valence-electron chi connectivity index (χ1n) is 8.05. The predicted octanol–water partition coefficient (Wildman–Crippen LogP) is 4.00. The van der Waals surface area contributed by atoms with Crippen LogP contribution in [0, 0.1) is 13.8 Å². The molecule has 0 saturated heterocycles. The van der Waals surface area contributed by atoms with E-state index in [0.717, 1.165) is 16.5 Å². The summed E-state index contributed by atoms with van der Waals surface area (Å²) in [4.78, 5) is 24.2. The number of methoxy groups -OCH3 is 1. The molecule has 0 radical (unpaired) electrons. The van der Waals surface area contributed by atoms with E-state index in [1.165, 1.54) is 6.07 Å². The van der Waals surface area contributed by atoms with Gasteiger partial charge in [0, 0.05) is 28.6 Å². The van der Waals surface area contributed by atoms with Gasteiger partial charge in [-0.05, 0) is 60.9 Å². The molecule has 1 N–H and O–H groups in total. The molecule has 0 aliphatic heterocycles. The van der Waals surface area contributed by atoms with Crippen molar-refractivity contribution in [1.29, 1.82) is 0 Å². The minimum atomic E-state index is -0.465. The third-order valence-electron chi connectivity index (χ3n) is 4.26. The second kappa shape index (κ2) is 7.22. The number of aryl methyl sites for hydroxylation is 2. The van der Waals surface area contributed by atoms with E-state index in [0.29, 0.717) is 27.5 Å². The predicted molar refractivity (Wildman–Crippen MR) is 101 cm³/mol. The molecule has 6 heteroatoms. The Morgan fingerprint density at radius 2 is 1.88 bits per heavy atom. The lowest BCUT2D eigenvalue weighted by atomic mass is 10.0. The SMILES string of the molecule is COc1ccc(C(=O)NCc2cc(=O)oc3cc(C)c(Cl)c(C)c23)cc1. The van der Waals surface area contributed by atoms with Crippen LogP contribution in [0.25, 0.3) is 11.0 Å². The fraction of sp³-hybridized carbons (Fsp3) is 0.200. The molecule has 1 aromatic heterocycles. The number of fused-ring (bicyclic) bond motifs is 1. The summed E-state index contributed by atoms with van der Waals surface area (Å²) in [5.41, 5.74) is 2.82. The van der Waals surface area contributed by atoms with Crippen LogP contribution < -0.4 is 15.7 Å². The van der Waals surface area contributed by atoms with Gasteiger partial charge in [0.05, 0.1) is 7.11 Å². The molecule has 3 rings (SSSR count). The molecule has 1 amide bonds. The van der Waals surface area contributed by atoms with Crippen molar-refractivity contribution in [2.24, 2.45) is 0 Å². The number of carbonyl (C=O) groups is 1. The Morgan fingerprint density at radius 3 is 2.54 bits per heavy atom. The van der Waals surface area contributed by atoms with Crippen LogP contribution in [0.1, 0.15) is 27.0 Å². The normalized spacial score (nSPS) is 10.8. The standard InChI is InChI=1S/C20H18ClNO4/c1-11-8-16-18(12(2)19(11)21)14(9-17(23)26-16)10-22-20(24)13-4-6-15(25-3)7-5-13/h4-9H,10H2,1-3H3,(H,22,24). The minimum Gasteiger partial charge on any atom is -0.497 e. The maximum atomic E-state index is 12.4. The third-order valence-corrected chi connectivity index (χ3v) is 4.84. The molecule has 0 unspecified atom stereocenters. The largest absolute Gasteiger partial charge is 0.497 e. The van der Waals surface area contributed by atoms with Crippen molar-refractivity contribution >= 4 is 28.5 Å². The maximum Gasteiger partial charge on any atom is 0.336 e. The number of ether oxygens (including phenoxy) is 1. The van der Waals surface area contributed by atoms with Gasteiger partial charge in [-0.1, -0.05) is 11.6 Å². The molecular weight excluding hydrogens is 354 g/mol. The monoisotopic (exact) mass is 371 g/mol. The molecule has 3 aromatic rings. The Labute approximate surface area is 155 Å². The molecule has 0 atom stereocenters. The zero-order valence-electron chi connectivity index (χ0n) is 14.7. The lowest BCUT2D eigenvalue weighted by Crippen LogP contribution is -2.23. The molecular formula is C20H18ClNO4. The molecule has 0 aliphatic rings. The van der Waals surface area contributed by atoms with E-state index in [-0.39, 0.29) is 12.5 Å². The van der Waals surface area contributed by atoms with Crippen molar-refractivity contribution in [1.82, 2.24) is 5.32 Å². The minimum absolute atomic E-state index is 0.188. The molecule has 2 aromatic carbocycles. The highest BCUT2D eigenvalue weighted by atomic mass is 35.5. The van der Waals surface area contributed by atoms with Gasteiger partial charge in [0.2, 0.25) is 0 Å². The summed E-state index contributed by atoms with van der Waals surface area (Å²) in [5.74, 6) is 0.429. The average molecular weight is 372 g/mol. The molecule has 0 bridgehead atoms. The number of hydrogen-bond acceptors (Lipinski definition) is 4. The van der Waals surface area contributed by atoms with Crippen molar-refractivity contribution < 1.29 is 13.9 Å². The Morgan fingerprint density at radius 1 is 1.19 bits per heavy atom. The van der Waals surface area contributed by atoms with Crippen molar-refractivity contribution in [2.45, 2.75) is 20.4 Å². The first-order chi connectivity index (χ1) is 12.4. The summed E-state index contributed by atoms with van der Waals surface area (Å²) < 4.78 is 10.4. The summed E-state index contributed by atoms with van der Waals surface area (Å²) in [6.45, 7) is 3.91. The van der Waals surface area contributed by atoms with Crippen molar-refractivity contribution in [3.63, 3.8) is 0 Å². The van der Waals surface area contributed by atoms with E-state index in [2.05, 4.69) is 5.32 Å². The van der Waals surface area contributed by atoms with E-state index in [1.807, 2.05) is 13.8 Å². The molecule has 0 aliphatic carbocycles. The second-order valence-corrected chi connectivity index (χ2v) is 6.39. The maximum absolute atomic E-state index is 12.4. The van der Waals surface area contributed by atoms with E-state index < -0.39 is 5.63 Å². The van der Waals surface area contributed by atoms with Crippen LogP contribution in [0.5, 0.6) is 5.75 Å². The number of halogens is 1. The highest BCUT2D eigenvalue weighted by molar-refractivity contribution is 6.33. The summed E-state index contributed by atoms with van der Waals surface area (Å²) in [6, 6.07) is 9.91. The van der Waals surface area contributed by atoms with Crippen LogP contribution in [0.3, 0.4) is 0 Å². The second-order valence-electron chi connectivity index (χ2n) is 6.01. The first-order valence-corrected chi connectivity index (χ1v) is 8.43. The van der Waals surface area contributed by atoms with E-state index in [9.17, 15) is 9.59 Å². The number of benzene rings is 2. The zero-order chi connectivity index (χ0) is 18.8. The van der Waals surface area contributed by atoms with E-state index in [4.69, 9.17) is 20.8 Å². The summed E-state index contributed by atoms with van der Waals surface area (Å²) in [7, 11) is 1.57. The Kier molecular flexibility index (Phi) is 5.00. The number of hydrogen-bond donors (Lipinski definition) is 1. The number of nitrogens with one attached hydrogen (secondary N) is 1. The quantitative estimate of drug-likeness (QED) is 0.704. The fourth-order valence-electron chi connectivity index (χ4n) is 2.91. The van der Waals surface area contributed by atoms with Crippen molar-refractivity contribution in [3.05, 3.63) is 74.1 Å². The summed E-state index contributed by atoms with van der Waals surface area (Å²) in [5, 5.41) is 4.20. The molecule has 134 valence electrons. The molecule has 5 nitrogen and oxygen atoms in total. The number of rotatable bonds is 4. The van der Waals surface area contributed by atoms with Crippen LogP contribution in [-0.2, 0) is 6.54 Å². The van der Waals surface area contributed by atoms with Crippen molar-refractivity contribution in [2.75, 3.05) is 7.11 Å². The van der Waals surface area contributed by atoms with Gasteiger partial charge in [-0.15, -0.1) is 0 Å². The van der Waals surface area contributed by atoms with Crippen LogP contribution in [-0.4, -0.2) is 13.0 Å². The molecule has 26 heavy (non-hydrogen) atoms. The smallest absolute Gasteiger partial charge is 0.336 e. The lowest BCUT2D eigenvalue weighted by molar-refractivity contribution is 0.0951. The van der Waals surface area contributed by atoms with Gasteiger partial charge in [0.15, 0.2) is 0 Å². The highest BCUT2D eigenvalue weighted by Crippen LogP contribution is 2.30. The van der Waals surface area contributed by atoms with Gasteiger partial charge in [-0.2, -0.15) is 0 Å². The zero-order valence-corrected chi connectivity index (χ0v) is 15.4. The number of amides is 1. The fourth-order valence-corrected chi connectivity index (χ4v) is 3.06. The van der Waals surface area contributed by atoms with Crippen molar-refractivity contribution in [3.8, 4) is 5.75 Å². The van der Waals surface area contributed by atoms with Gasteiger partial charge in [0.1, 0.15) is 11.3 Å². The van der Waals surface area contributed by atoms with Gasteiger partial charge < -0.3 is 14.5 Å². The molecule has 1 heterocycles. The van der Waals surface area contributed by atoms with Gasteiger partial charge >= 0.3 is 5.63 Å². The highest BCUT2D eigenvalue weighted by Gasteiger charge is 2.14. The summed E-state index contributed by atoms with van der Waals surface area (Å²) in [6.07, 6.45) is 0. The summed E-state index contributed by atoms with van der Waals surface area (Å²) >= 11 is 6.34. The lowest BCUT2D eigenvalue weighted by Gasteiger charge is -2.12. The van der Waals surface area contributed by atoms with E-state index >= 15 is 0 Å². The molecule has 0 fully saturated rings. The first kappa shape index (κ1) is 18.0.